The molecule has 2 heteroatoms. The van der Waals surface area contributed by atoms with Gasteiger partial charge in [-0.3, -0.25) is 0 Å². The van der Waals surface area contributed by atoms with Gasteiger partial charge in [0.15, 0.2) is 6.29 Å². The Kier molecular flexibility index (Phi) is 8.46. The Morgan fingerprint density at radius 1 is 1.15 bits per heavy atom. The van der Waals surface area contributed by atoms with Crippen LogP contribution >= 0.6 is 0 Å². The van der Waals surface area contributed by atoms with Gasteiger partial charge >= 0.3 is 0 Å². The molecule has 0 saturated heterocycles. The SMILES string of the molecule is CCCCC([O])OCCCC(C)C. The highest BCUT2D eigenvalue weighted by atomic mass is 16.6. The van der Waals surface area contributed by atoms with Gasteiger partial charge < -0.3 is 4.74 Å². The van der Waals surface area contributed by atoms with Crippen molar-refractivity contribution in [1.82, 2.24) is 0 Å². The van der Waals surface area contributed by atoms with E-state index in [4.69, 9.17) is 4.74 Å². The van der Waals surface area contributed by atoms with Crippen LogP contribution in [0, 0.1) is 5.92 Å². The minimum atomic E-state index is -0.785. The summed E-state index contributed by atoms with van der Waals surface area (Å²) in [6.07, 6.45) is 4.11. The quantitative estimate of drug-likeness (QED) is 0.423. The van der Waals surface area contributed by atoms with Crippen LogP contribution in [-0.2, 0) is 9.84 Å². The molecule has 13 heavy (non-hydrogen) atoms. The molecule has 0 amide bonds. The lowest BCUT2D eigenvalue weighted by Crippen LogP contribution is -2.11. The second-order valence-electron chi connectivity index (χ2n) is 3.98. The zero-order chi connectivity index (χ0) is 10.1. The van der Waals surface area contributed by atoms with Crippen molar-refractivity contribution in [3.8, 4) is 0 Å². The topological polar surface area (TPSA) is 29.1 Å². The molecule has 0 rings (SSSR count). The van der Waals surface area contributed by atoms with Crippen molar-refractivity contribution in [2.75, 3.05) is 6.61 Å². The lowest BCUT2D eigenvalue weighted by Gasteiger charge is -2.09. The third kappa shape index (κ3) is 9.84. The number of rotatable bonds is 8. The van der Waals surface area contributed by atoms with E-state index in [-0.39, 0.29) is 0 Å². The Balaban J connectivity index is 3.12. The number of hydrogen-bond donors (Lipinski definition) is 0. The minimum absolute atomic E-state index is 0.635. The summed E-state index contributed by atoms with van der Waals surface area (Å²) < 4.78 is 5.14. The number of ether oxygens (including phenoxy) is 1. The van der Waals surface area contributed by atoms with Gasteiger partial charge in [0, 0.05) is 13.0 Å². The number of hydrogen-bond acceptors (Lipinski definition) is 1. The second-order valence-corrected chi connectivity index (χ2v) is 3.98. The van der Waals surface area contributed by atoms with Crippen LogP contribution in [0.5, 0.6) is 0 Å². The van der Waals surface area contributed by atoms with Gasteiger partial charge in [0.05, 0.1) is 0 Å². The average Bonchev–Trinajstić information content (AvgIpc) is 2.08. The van der Waals surface area contributed by atoms with Crippen LogP contribution in [0.4, 0.5) is 0 Å². The van der Waals surface area contributed by atoms with Crippen LogP contribution in [0.2, 0.25) is 0 Å². The summed E-state index contributed by atoms with van der Waals surface area (Å²) >= 11 is 0. The summed E-state index contributed by atoms with van der Waals surface area (Å²) in [6.45, 7) is 7.10. The molecule has 0 N–H and O–H groups in total. The van der Waals surface area contributed by atoms with Gasteiger partial charge in [0.1, 0.15) is 0 Å². The summed E-state index contributed by atoms with van der Waals surface area (Å²) in [5.41, 5.74) is 0. The van der Waals surface area contributed by atoms with Gasteiger partial charge in [-0.15, -0.1) is 0 Å². The van der Waals surface area contributed by atoms with Crippen molar-refractivity contribution < 1.29 is 9.84 Å². The third-order valence-electron chi connectivity index (χ3n) is 2.02. The highest BCUT2D eigenvalue weighted by molar-refractivity contribution is 4.46. The minimum Gasteiger partial charge on any atom is -0.350 e. The first kappa shape index (κ1) is 12.9. The van der Waals surface area contributed by atoms with E-state index in [1.54, 1.807) is 0 Å². The van der Waals surface area contributed by atoms with E-state index in [9.17, 15) is 5.11 Å². The van der Waals surface area contributed by atoms with E-state index < -0.39 is 6.29 Å². The van der Waals surface area contributed by atoms with Crippen LogP contribution in [-0.4, -0.2) is 12.9 Å². The molecule has 0 aromatic heterocycles. The molecule has 79 valence electrons. The van der Waals surface area contributed by atoms with E-state index in [2.05, 4.69) is 20.8 Å². The van der Waals surface area contributed by atoms with Crippen molar-refractivity contribution in [2.24, 2.45) is 5.92 Å². The Bertz CT molecular complexity index is 102. The summed E-state index contributed by atoms with van der Waals surface area (Å²) in [5, 5.41) is 11.1. The Morgan fingerprint density at radius 3 is 2.38 bits per heavy atom. The molecule has 0 fully saturated rings. The molecule has 0 saturated carbocycles. The fourth-order valence-corrected chi connectivity index (χ4v) is 1.16. The Hall–Kier alpha value is -0.0800. The first-order valence-corrected chi connectivity index (χ1v) is 5.44. The van der Waals surface area contributed by atoms with Crippen molar-refractivity contribution >= 4 is 0 Å². The predicted octanol–water partition coefficient (Wildman–Crippen LogP) is 3.39. The molecule has 1 radical (unpaired) electrons. The third-order valence-corrected chi connectivity index (χ3v) is 2.02. The highest BCUT2D eigenvalue weighted by Gasteiger charge is 2.04. The van der Waals surface area contributed by atoms with Crippen molar-refractivity contribution in [2.45, 2.75) is 59.2 Å². The molecule has 0 aliphatic carbocycles. The zero-order valence-corrected chi connectivity index (χ0v) is 9.21. The molecule has 0 bridgehead atoms. The normalized spacial score (nSPS) is 13.6. The fraction of sp³-hybridized carbons (Fsp3) is 1.00. The van der Waals surface area contributed by atoms with E-state index in [1.165, 1.54) is 0 Å². The molecule has 0 aliphatic rings. The fourth-order valence-electron chi connectivity index (χ4n) is 1.16. The summed E-state index contributed by atoms with van der Waals surface area (Å²) in [7, 11) is 0. The second kappa shape index (κ2) is 8.52. The molecular formula is C11H23O2. The summed E-state index contributed by atoms with van der Waals surface area (Å²) in [4.78, 5) is 0. The molecule has 1 unspecified atom stereocenters. The molecule has 1 atom stereocenters. The maximum atomic E-state index is 11.1. The zero-order valence-electron chi connectivity index (χ0n) is 9.21. The highest BCUT2D eigenvalue weighted by Crippen LogP contribution is 2.06. The average molecular weight is 187 g/mol. The van der Waals surface area contributed by atoms with Gasteiger partial charge in [-0.1, -0.05) is 27.2 Å². The van der Waals surface area contributed by atoms with Crippen LogP contribution in [0.25, 0.3) is 0 Å². The molecule has 0 spiro atoms. The van der Waals surface area contributed by atoms with Crippen molar-refractivity contribution in [3.63, 3.8) is 0 Å². The maximum Gasteiger partial charge on any atom is 0.191 e. The standard InChI is InChI=1S/C11H23O2/c1-4-5-8-11(12)13-9-6-7-10(2)3/h10-11H,4-9H2,1-3H3. The van der Waals surface area contributed by atoms with E-state index in [1.807, 2.05) is 0 Å². The Morgan fingerprint density at radius 2 is 1.85 bits per heavy atom. The largest absolute Gasteiger partial charge is 0.350 e. The van der Waals surface area contributed by atoms with Gasteiger partial charge in [0.25, 0.3) is 0 Å². The predicted molar refractivity (Wildman–Crippen MR) is 54.0 cm³/mol. The number of unbranched alkanes of at least 4 members (excludes halogenated alkanes) is 1. The monoisotopic (exact) mass is 187 g/mol. The first-order chi connectivity index (χ1) is 6.16. The lowest BCUT2D eigenvalue weighted by atomic mass is 10.1. The Labute approximate surface area is 82.3 Å². The molecule has 2 nitrogen and oxygen atoms in total. The molecule has 0 aromatic rings. The van der Waals surface area contributed by atoms with E-state index in [0.29, 0.717) is 18.9 Å². The molecule has 0 aliphatic heterocycles. The molecular weight excluding hydrogens is 164 g/mol. The van der Waals surface area contributed by atoms with Crippen molar-refractivity contribution in [1.29, 1.82) is 0 Å². The van der Waals surface area contributed by atoms with Gasteiger partial charge in [-0.2, -0.15) is 0 Å². The van der Waals surface area contributed by atoms with E-state index >= 15 is 0 Å². The van der Waals surface area contributed by atoms with Crippen LogP contribution in [0.15, 0.2) is 0 Å². The smallest absolute Gasteiger partial charge is 0.191 e. The van der Waals surface area contributed by atoms with Gasteiger partial charge in [-0.05, 0) is 25.2 Å². The molecule has 0 heterocycles. The van der Waals surface area contributed by atoms with Gasteiger partial charge in [0.2, 0.25) is 0 Å². The molecule has 0 aromatic carbocycles. The van der Waals surface area contributed by atoms with Crippen LogP contribution in [0.3, 0.4) is 0 Å². The van der Waals surface area contributed by atoms with Gasteiger partial charge in [-0.25, -0.2) is 5.11 Å². The summed E-state index contributed by atoms with van der Waals surface area (Å²) in [5.74, 6) is 0.712. The van der Waals surface area contributed by atoms with Crippen molar-refractivity contribution in [3.05, 3.63) is 0 Å². The van der Waals surface area contributed by atoms with Crippen LogP contribution < -0.4 is 0 Å². The summed E-state index contributed by atoms with van der Waals surface area (Å²) in [6, 6.07) is 0. The van der Waals surface area contributed by atoms with Crippen LogP contribution in [0.1, 0.15) is 52.9 Å². The maximum absolute atomic E-state index is 11.1. The lowest BCUT2D eigenvalue weighted by molar-refractivity contribution is -0.144. The van der Waals surface area contributed by atoms with E-state index in [0.717, 1.165) is 25.7 Å². The first-order valence-electron chi connectivity index (χ1n) is 5.44.